The van der Waals surface area contributed by atoms with Crippen LogP contribution >= 0.6 is 11.3 Å². The number of thiophene rings is 1. The van der Waals surface area contributed by atoms with Gasteiger partial charge in [-0.3, -0.25) is 0 Å². The summed E-state index contributed by atoms with van der Waals surface area (Å²) in [6.45, 7) is 0.770. The summed E-state index contributed by atoms with van der Waals surface area (Å²) in [5.74, 6) is 0.802. The molecule has 0 aromatic carbocycles. The van der Waals surface area contributed by atoms with E-state index in [0.29, 0.717) is 6.04 Å². The van der Waals surface area contributed by atoms with Crippen LogP contribution in [-0.4, -0.2) is 17.3 Å². The van der Waals surface area contributed by atoms with Crippen LogP contribution in [0.2, 0.25) is 0 Å². The highest BCUT2D eigenvalue weighted by atomic mass is 32.1. The second-order valence-corrected chi connectivity index (χ2v) is 6.98. The highest BCUT2D eigenvalue weighted by Gasteiger charge is 2.35. The molecule has 2 saturated carbocycles. The summed E-state index contributed by atoms with van der Waals surface area (Å²) in [6.07, 6.45) is 8.29. The molecule has 0 saturated heterocycles. The Bertz CT molecular complexity index is 366. The molecule has 100 valence electrons. The van der Waals surface area contributed by atoms with E-state index in [-0.39, 0.29) is 0 Å². The number of nitrogens with one attached hydrogen (secondary N) is 1. The van der Waals surface area contributed by atoms with Crippen molar-refractivity contribution in [3.63, 3.8) is 0 Å². The molecule has 2 aliphatic rings. The van der Waals surface area contributed by atoms with E-state index >= 15 is 0 Å². The van der Waals surface area contributed by atoms with Gasteiger partial charge in [0.1, 0.15) is 0 Å². The number of aliphatic hydroxyl groups is 1. The number of rotatable bonds is 5. The van der Waals surface area contributed by atoms with E-state index in [0.717, 1.165) is 25.3 Å². The van der Waals surface area contributed by atoms with Gasteiger partial charge in [-0.2, -0.15) is 0 Å². The summed E-state index contributed by atoms with van der Waals surface area (Å²) in [4.78, 5) is 1.44. The number of hydrogen-bond donors (Lipinski definition) is 2. The first-order valence-electron chi connectivity index (χ1n) is 7.26. The summed E-state index contributed by atoms with van der Waals surface area (Å²) in [5.41, 5.74) is -0.442. The Morgan fingerprint density at radius 1 is 1.33 bits per heavy atom. The van der Waals surface area contributed by atoms with Crippen molar-refractivity contribution in [2.24, 2.45) is 5.92 Å². The zero-order valence-electron chi connectivity index (χ0n) is 10.9. The topological polar surface area (TPSA) is 32.3 Å². The van der Waals surface area contributed by atoms with Crippen LogP contribution in [0.15, 0.2) is 17.5 Å². The van der Waals surface area contributed by atoms with Crippen molar-refractivity contribution in [3.8, 4) is 0 Å². The molecule has 2 nitrogen and oxygen atoms in total. The second kappa shape index (κ2) is 5.32. The molecule has 0 amide bonds. The van der Waals surface area contributed by atoms with Gasteiger partial charge in [-0.15, -0.1) is 11.3 Å². The fourth-order valence-electron chi connectivity index (χ4n) is 3.08. The maximum absolute atomic E-state index is 10.6. The van der Waals surface area contributed by atoms with Gasteiger partial charge in [-0.05, 0) is 43.0 Å². The fraction of sp³-hybridized carbons (Fsp3) is 0.733. The predicted molar refractivity (Wildman–Crippen MR) is 75.8 cm³/mol. The molecule has 18 heavy (non-hydrogen) atoms. The van der Waals surface area contributed by atoms with E-state index in [1.54, 1.807) is 0 Å². The molecular formula is C15H23NOS. The van der Waals surface area contributed by atoms with Crippen molar-refractivity contribution in [2.45, 2.75) is 56.6 Å². The third-order valence-electron chi connectivity index (χ3n) is 4.38. The molecule has 3 rings (SSSR count). The van der Waals surface area contributed by atoms with Gasteiger partial charge in [0.25, 0.3) is 0 Å². The van der Waals surface area contributed by atoms with Gasteiger partial charge in [0.15, 0.2) is 0 Å². The molecule has 1 atom stereocenters. The van der Waals surface area contributed by atoms with Gasteiger partial charge in [0, 0.05) is 17.5 Å². The van der Waals surface area contributed by atoms with Gasteiger partial charge >= 0.3 is 0 Å². The normalized spacial score (nSPS) is 24.9. The summed E-state index contributed by atoms with van der Waals surface area (Å²) in [5, 5.41) is 16.4. The van der Waals surface area contributed by atoms with Crippen LogP contribution < -0.4 is 5.32 Å². The molecule has 0 aliphatic heterocycles. The zero-order chi connectivity index (χ0) is 12.4. The molecule has 3 heteroatoms. The molecule has 2 fully saturated rings. The van der Waals surface area contributed by atoms with Crippen LogP contribution in [0.3, 0.4) is 0 Å². The van der Waals surface area contributed by atoms with Crippen molar-refractivity contribution in [1.29, 1.82) is 0 Å². The van der Waals surface area contributed by atoms with Crippen molar-refractivity contribution >= 4 is 11.3 Å². The first kappa shape index (κ1) is 12.6. The average Bonchev–Trinajstić information content (AvgIpc) is 3.05. The quantitative estimate of drug-likeness (QED) is 0.854. The van der Waals surface area contributed by atoms with E-state index in [1.165, 1.54) is 37.0 Å². The minimum atomic E-state index is -0.442. The molecular weight excluding hydrogens is 242 g/mol. The monoisotopic (exact) mass is 265 g/mol. The van der Waals surface area contributed by atoms with Crippen molar-refractivity contribution in [1.82, 2.24) is 5.32 Å². The smallest absolute Gasteiger partial charge is 0.0771 e. The van der Waals surface area contributed by atoms with Gasteiger partial charge in [-0.25, -0.2) is 0 Å². The Balaban J connectivity index is 1.59. The lowest BCUT2D eigenvalue weighted by molar-refractivity contribution is 0.00210. The standard InChI is InChI=1S/C15H23NOS/c17-15(8-2-1-3-9-15)11-16-14(12-6-7-12)13-5-4-10-18-13/h4-5,10,12,14,16-17H,1-3,6-9,11H2. The highest BCUT2D eigenvalue weighted by Crippen LogP contribution is 2.42. The van der Waals surface area contributed by atoms with Gasteiger partial charge < -0.3 is 10.4 Å². The zero-order valence-corrected chi connectivity index (χ0v) is 11.7. The van der Waals surface area contributed by atoms with Crippen LogP contribution in [0.1, 0.15) is 55.9 Å². The first-order chi connectivity index (χ1) is 8.77. The third-order valence-corrected chi connectivity index (χ3v) is 5.33. The lowest BCUT2D eigenvalue weighted by Crippen LogP contribution is -2.43. The van der Waals surface area contributed by atoms with Crippen LogP contribution in [-0.2, 0) is 0 Å². The van der Waals surface area contributed by atoms with Gasteiger partial charge in [0.2, 0.25) is 0 Å². The van der Waals surface area contributed by atoms with Crippen LogP contribution in [0.4, 0.5) is 0 Å². The Morgan fingerprint density at radius 3 is 2.72 bits per heavy atom. The van der Waals surface area contributed by atoms with E-state index < -0.39 is 5.60 Å². The minimum Gasteiger partial charge on any atom is -0.389 e. The Hall–Kier alpha value is -0.380. The van der Waals surface area contributed by atoms with Crippen molar-refractivity contribution in [3.05, 3.63) is 22.4 Å². The molecule has 1 heterocycles. The fourth-order valence-corrected chi connectivity index (χ4v) is 3.98. The third kappa shape index (κ3) is 2.95. The second-order valence-electron chi connectivity index (χ2n) is 6.00. The summed E-state index contributed by atoms with van der Waals surface area (Å²) in [6, 6.07) is 4.84. The first-order valence-corrected chi connectivity index (χ1v) is 8.14. The molecule has 0 bridgehead atoms. The summed E-state index contributed by atoms with van der Waals surface area (Å²) in [7, 11) is 0. The molecule has 0 spiro atoms. The van der Waals surface area contributed by atoms with E-state index in [2.05, 4.69) is 22.8 Å². The molecule has 2 aliphatic carbocycles. The highest BCUT2D eigenvalue weighted by molar-refractivity contribution is 7.10. The van der Waals surface area contributed by atoms with Crippen LogP contribution in [0.25, 0.3) is 0 Å². The van der Waals surface area contributed by atoms with Gasteiger partial charge in [-0.1, -0.05) is 25.3 Å². The molecule has 1 unspecified atom stereocenters. The molecule has 1 aromatic heterocycles. The molecule has 1 aromatic rings. The predicted octanol–water partition coefficient (Wildman–Crippen LogP) is 3.48. The maximum atomic E-state index is 10.6. The van der Waals surface area contributed by atoms with E-state index in [1.807, 2.05) is 11.3 Å². The SMILES string of the molecule is OC1(CNC(c2cccs2)C2CC2)CCCCC1. The van der Waals surface area contributed by atoms with E-state index in [9.17, 15) is 5.11 Å². The lowest BCUT2D eigenvalue weighted by Gasteiger charge is -2.34. The molecule has 2 N–H and O–H groups in total. The Labute approximate surface area is 113 Å². The minimum absolute atomic E-state index is 0.442. The summed E-state index contributed by atoms with van der Waals surface area (Å²) < 4.78 is 0. The lowest BCUT2D eigenvalue weighted by atomic mass is 9.84. The average molecular weight is 265 g/mol. The number of hydrogen-bond acceptors (Lipinski definition) is 3. The van der Waals surface area contributed by atoms with Crippen molar-refractivity contribution in [2.75, 3.05) is 6.54 Å². The van der Waals surface area contributed by atoms with Crippen molar-refractivity contribution < 1.29 is 5.11 Å². The summed E-state index contributed by atoms with van der Waals surface area (Å²) >= 11 is 1.84. The van der Waals surface area contributed by atoms with Crippen LogP contribution in [0, 0.1) is 5.92 Å². The molecule has 0 radical (unpaired) electrons. The Kier molecular flexibility index (Phi) is 3.73. The van der Waals surface area contributed by atoms with E-state index in [4.69, 9.17) is 0 Å². The van der Waals surface area contributed by atoms with Gasteiger partial charge in [0.05, 0.1) is 5.60 Å². The Morgan fingerprint density at radius 2 is 2.11 bits per heavy atom. The van der Waals surface area contributed by atoms with Crippen LogP contribution in [0.5, 0.6) is 0 Å². The largest absolute Gasteiger partial charge is 0.389 e. The maximum Gasteiger partial charge on any atom is 0.0771 e.